The molecule has 11 heteroatoms. The SMILES string of the molecule is COC(=O)c1ccc(CSc2nnc(NC(=O)c3cc(Cl)c(OC)c(OC)c3)s2)cc1. The third-order valence-corrected chi connectivity index (χ3v) is 6.38. The number of methoxy groups -OCH3 is 3. The molecule has 0 spiro atoms. The van der Waals surface area contributed by atoms with E-state index in [0.717, 1.165) is 5.56 Å². The van der Waals surface area contributed by atoms with Crippen LogP contribution in [0.1, 0.15) is 26.3 Å². The molecule has 0 atom stereocenters. The summed E-state index contributed by atoms with van der Waals surface area (Å²) in [5.41, 5.74) is 1.81. The second-order valence-electron chi connectivity index (χ2n) is 6.00. The van der Waals surface area contributed by atoms with Crippen molar-refractivity contribution in [2.24, 2.45) is 0 Å². The number of hydrogen-bond donors (Lipinski definition) is 1. The Bertz CT molecular complexity index is 1090. The molecule has 0 aliphatic rings. The van der Waals surface area contributed by atoms with E-state index >= 15 is 0 Å². The molecule has 31 heavy (non-hydrogen) atoms. The molecule has 0 aliphatic heterocycles. The molecule has 0 saturated carbocycles. The molecule has 3 aromatic rings. The molecule has 162 valence electrons. The Morgan fingerprint density at radius 3 is 2.45 bits per heavy atom. The van der Waals surface area contributed by atoms with Crippen molar-refractivity contribution in [1.29, 1.82) is 0 Å². The van der Waals surface area contributed by atoms with Gasteiger partial charge in [0.25, 0.3) is 5.91 Å². The molecule has 0 saturated heterocycles. The lowest BCUT2D eigenvalue weighted by molar-refractivity contribution is 0.0600. The number of carbonyl (C=O) groups is 2. The zero-order chi connectivity index (χ0) is 22.4. The number of hydrogen-bond acceptors (Lipinski definition) is 9. The molecule has 0 unspecified atom stereocenters. The van der Waals surface area contributed by atoms with E-state index in [0.29, 0.717) is 37.8 Å². The minimum Gasteiger partial charge on any atom is -0.493 e. The highest BCUT2D eigenvalue weighted by Gasteiger charge is 2.17. The van der Waals surface area contributed by atoms with E-state index in [1.54, 1.807) is 12.1 Å². The number of nitrogens with one attached hydrogen (secondary N) is 1. The lowest BCUT2D eigenvalue weighted by Crippen LogP contribution is -2.12. The van der Waals surface area contributed by atoms with E-state index in [4.69, 9.17) is 21.1 Å². The summed E-state index contributed by atoms with van der Waals surface area (Å²) in [7, 11) is 4.28. The molecule has 1 aromatic heterocycles. The fourth-order valence-electron chi connectivity index (χ4n) is 2.54. The van der Waals surface area contributed by atoms with Gasteiger partial charge in [-0.3, -0.25) is 10.1 Å². The van der Waals surface area contributed by atoms with Crippen molar-refractivity contribution < 1.29 is 23.8 Å². The molecule has 0 fully saturated rings. The molecular weight excluding hydrogens is 462 g/mol. The van der Waals surface area contributed by atoms with Gasteiger partial charge in [0.1, 0.15) is 0 Å². The summed E-state index contributed by atoms with van der Waals surface area (Å²) >= 11 is 8.88. The average Bonchev–Trinajstić information content (AvgIpc) is 3.24. The van der Waals surface area contributed by atoms with Crippen LogP contribution in [-0.2, 0) is 10.5 Å². The zero-order valence-corrected chi connectivity index (χ0v) is 19.2. The Morgan fingerprint density at radius 1 is 1.06 bits per heavy atom. The fraction of sp³-hybridized carbons (Fsp3) is 0.200. The third kappa shape index (κ3) is 5.66. The van der Waals surface area contributed by atoms with Gasteiger partial charge < -0.3 is 14.2 Å². The van der Waals surface area contributed by atoms with Gasteiger partial charge in [-0.15, -0.1) is 10.2 Å². The van der Waals surface area contributed by atoms with Gasteiger partial charge in [0.2, 0.25) is 5.13 Å². The second kappa shape index (κ2) is 10.5. The van der Waals surface area contributed by atoms with E-state index in [1.807, 2.05) is 12.1 Å². The van der Waals surface area contributed by atoms with Crippen LogP contribution >= 0.6 is 34.7 Å². The third-order valence-electron chi connectivity index (χ3n) is 4.06. The predicted molar refractivity (Wildman–Crippen MR) is 120 cm³/mol. The summed E-state index contributed by atoms with van der Waals surface area (Å²) < 4.78 is 15.8. The van der Waals surface area contributed by atoms with Gasteiger partial charge in [-0.2, -0.15) is 0 Å². The number of ether oxygens (including phenoxy) is 3. The van der Waals surface area contributed by atoms with Gasteiger partial charge in [-0.25, -0.2) is 4.79 Å². The smallest absolute Gasteiger partial charge is 0.337 e. The predicted octanol–water partition coefficient (Wildman–Crippen LogP) is 4.54. The number of nitrogens with zero attached hydrogens (tertiary/aromatic N) is 2. The maximum absolute atomic E-state index is 12.6. The highest BCUT2D eigenvalue weighted by atomic mass is 35.5. The van der Waals surface area contributed by atoms with Gasteiger partial charge >= 0.3 is 5.97 Å². The number of anilines is 1. The van der Waals surface area contributed by atoms with Crippen LogP contribution in [0.5, 0.6) is 11.5 Å². The Balaban J connectivity index is 1.61. The van der Waals surface area contributed by atoms with Crippen LogP contribution in [0.4, 0.5) is 5.13 Å². The minimum atomic E-state index is -0.394. The molecule has 0 aliphatic carbocycles. The number of rotatable bonds is 8. The number of aromatic nitrogens is 2. The first-order valence-electron chi connectivity index (χ1n) is 8.81. The minimum absolute atomic E-state index is 0.263. The van der Waals surface area contributed by atoms with E-state index < -0.39 is 5.91 Å². The van der Waals surface area contributed by atoms with E-state index in [-0.39, 0.29) is 11.0 Å². The molecule has 0 bridgehead atoms. The number of halogens is 1. The van der Waals surface area contributed by atoms with Crippen molar-refractivity contribution in [3.05, 3.63) is 58.1 Å². The lowest BCUT2D eigenvalue weighted by atomic mass is 10.1. The lowest BCUT2D eigenvalue weighted by Gasteiger charge is -2.11. The van der Waals surface area contributed by atoms with Gasteiger partial charge in [-0.1, -0.05) is 46.8 Å². The van der Waals surface area contributed by atoms with Gasteiger partial charge in [0.05, 0.1) is 31.9 Å². The quantitative estimate of drug-likeness (QED) is 0.285. The fourth-order valence-corrected chi connectivity index (χ4v) is 4.53. The van der Waals surface area contributed by atoms with Crippen LogP contribution in [-0.4, -0.2) is 43.4 Å². The van der Waals surface area contributed by atoms with Crippen molar-refractivity contribution in [3.8, 4) is 11.5 Å². The number of carbonyl (C=O) groups excluding carboxylic acids is 2. The summed E-state index contributed by atoms with van der Waals surface area (Å²) in [4.78, 5) is 24.0. The maximum atomic E-state index is 12.6. The molecule has 3 rings (SSSR count). The number of thioether (sulfide) groups is 1. The molecule has 1 N–H and O–H groups in total. The monoisotopic (exact) mass is 479 g/mol. The summed E-state index contributed by atoms with van der Waals surface area (Å²) in [5.74, 6) is 0.574. The van der Waals surface area contributed by atoms with E-state index in [1.165, 1.54) is 56.6 Å². The summed E-state index contributed by atoms with van der Waals surface area (Å²) in [6, 6.07) is 10.2. The number of esters is 1. The van der Waals surface area contributed by atoms with Gasteiger partial charge in [0, 0.05) is 11.3 Å². The molecular formula is C20H18ClN3O5S2. The molecule has 1 heterocycles. The summed E-state index contributed by atoms with van der Waals surface area (Å²) in [6.45, 7) is 0. The van der Waals surface area contributed by atoms with E-state index in [2.05, 4.69) is 20.3 Å². The average molecular weight is 480 g/mol. The maximum Gasteiger partial charge on any atom is 0.337 e. The van der Waals surface area contributed by atoms with Crippen LogP contribution in [0.15, 0.2) is 40.7 Å². The Morgan fingerprint density at radius 2 is 1.81 bits per heavy atom. The van der Waals surface area contributed by atoms with Gasteiger partial charge in [-0.05, 0) is 29.8 Å². The highest BCUT2D eigenvalue weighted by molar-refractivity contribution is 8.00. The first-order chi connectivity index (χ1) is 14.9. The number of amides is 1. The van der Waals surface area contributed by atoms with Crippen molar-refractivity contribution >= 4 is 51.7 Å². The van der Waals surface area contributed by atoms with Crippen molar-refractivity contribution in [1.82, 2.24) is 10.2 Å². The first-order valence-corrected chi connectivity index (χ1v) is 11.0. The van der Waals surface area contributed by atoms with Crippen LogP contribution in [0, 0.1) is 0 Å². The van der Waals surface area contributed by atoms with Crippen molar-refractivity contribution in [2.45, 2.75) is 10.1 Å². The van der Waals surface area contributed by atoms with Crippen molar-refractivity contribution in [2.75, 3.05) is 26.6 Å². The summed E-state index contributed by atoms with van der Waals surface area (Å²) in [6.07, 6.45) is 0. The summed E-state index contributed by atoms with van der Waals surface area (Å²) in [5, 5.41) is 11.4. The normalized spacial score (nSPS) is 10.5. The van der Waals surface area contributed by atoms with Crippen LogP contribution in [0.3, 0.4) is 0 Å². The Hall–Kier alpha value is -2.82. The highest BCUT2D eigenvalue weighted by Crippen LogP contribution is 2.36. The molecule has 8 nitrogen and oxygen atoms in total. The van der Waals surface area contributed by atoms with E-state index in [9.17, 15) is 9.59 Å². The number of benzene rings is 2. The molecule has 0 radical (unpaired) electrons. The van der Waals surface area contributed by atoms with Crippen LogP contribution in [0.25, 0.3) is 0 Å². The Kier molecular flexibility index (Phi) is 7.72. The second-order valence-corrected chi connectivity index (χ2v) is 8.61. The van der Waals surface area contributed by atoms with Gasteiger partial charge in [0.15, 0.2) is 15.8 Å². The standard InChI is InChI=1S/C20H18ClN3O5S2/c1-27-15-9-13(8-14(21)16(15)28-2)17(25)22-19-23-24-20(31-19)30-10-11-4-6-12(7-5-11)18(26)29-3/h4-9H,10H2,1-3H3,(H,22,23,25). The first kappa shape index (κ1) is 22.9. The largest absolute Gasteiger partial charge is 0.493 e. The van der Waals surface area contributed by atoms with Crippen LogP contribution < -0.4 is 14.8 Å². The zero-order valence-electron chi connectivity index (χ0n) is 16.8. The van der Waals surface area contributed by atoms with Crippen LogP contribution in [0.2, 0.25) is 5.02 Å². The van der Waals surface area contributed by atoms with Crippen molar-refractivity contribution in [3.63, 3.8) is 0 Å². The molecule has 2 aromatic carbocycles. The molecule has 1 amide bonds. The Labute approximate surface area is 191 Å². The topological polar surface area (TPSA) is 99.6 Å².